The summed E-state index contributed by atoms with van der Waals surface area (Å²) in [6.07, 6.45) is 0.493. The molecule has 1 amide bonds. The molecule has 27 heavy (non-hydrogen) atoms. The highest BCUT2D eigenvalue weighted by Crippen LogP contribution is 2.34. The molecule has 2 aromatic carbocycles. The number of fused-ring (bicyclic) bond motifs is 1. The minimum absolute atomic E-state index is 0.211. The average Bonchev–Trinajstić information content (AvgIpc) is 3.17. The average molecular weight is 367 g/mol. The zero-order valence-electron chi connectivity index (χ0n) is 15.4. The van der Waals surface area contributed by atoms with Gasteiger partial charge < -0.3 is 19.7 Å². The van der Waals surface area contributed by atoms with E-state index in [4.69, 9.17) is 9.47 Å². The van der Waals surface area contributed by atoms with Gasteiger partial charge >= 0.3 is 0 Å². The Hall–Kier alpha value is -2.73. The number of hydrogen-bond acceptors (Lipinski definition) is 5. The fourth-order valence-electron chi connectivity index (χ4n) is 3.48. The van der Waals surface area contributed by atoms with Crippen LogP contribution in [0.1, 0.15) is 12.0 Å². The van der Waals surface area contributed by atoms with Gasteiger partial charge in [-0.15, -0.1) is 0 Å². The van der Waals surface area contributed by atoms with Gasteiger partial charge in [-0.25, -0.2) is 0 Å². The molecule has 6 heteroatoms. The summed E-state index contributed by atoms with van der Waals surface area (Å²) in [5.41, 5.74) is 2.27. The van der Waals surface area contributed by atoms with Gasteiger partial charge in [-0.1, -0.05) is 30.3 Å². The number of nitrogens with one attached hydrogen (secondary N) is 1. The molecule has 2 aromatic rings. The van der Waals surface area contributed by atoms with Crippen molar-refractivity contribution in [2.75, 3.05) is 44.8 Å². The number of benzene rings is 2. The predicted octanol–water partition coefficient (Wildman–Crippen LogP) is 2.56. The third-order valence-electron chi connectivity index (χ3n) is 5.01. The molecule has 0 aliphatic carbocycles. The van der Waals surface area contributed by atoms with Crippen LogP contribution >= 0.6 is 0 Å². The van der Waals surface area contributed by atoms with Crippen molar-refractivity contribution in [1.82, 2.24) is 9.80 Å². The van der Waals surface area contributed by atoms with Crippen LogP contribution in [0.5, 0.6) is 11.5 Å². The fraction of sp³-hybridized carbons (Fsp3) is 0.381. The van der Waals surface area contributed by atoms with Crippen LogP contribution in [0, 0.1) is 0 Å². The Morgan fingerprint density at radius 1 is 0.963 bits per heavy atom. The Kier molecular flexibility index (Phi) is 5.44. The van der Waals surface area contributed by atoms with Crippen LogP contribution in [0.15, 0.2) is 48.5 Å². The van der Waals surface area contributed by atoms with Crippen molar-refractivity contribution in [1.29, 1.82) is 0 Å². The molecule has 2 heterocycles. The second-order valence-electron chi connectivity index (χ2n) is 6.89. The molecule has 0 bridgehead atoms. The van der Waals surface area contributed by atoms with Crippen molar-refractivity contribution < 1.29 is 14.3 Å². The first-order valence-corrected chi connectivity index (χ1v) is 9.45. The number of anilines is 1. The number of piperazine rings is 1. The maximum absolute atomic E-state index is 12.5. The number of rotatable bonds is 6. The van der Waals surface area contributed by atoms with Crippen molar-refractivity contribution >= 4 is 11.6 Å². The van der Waals surface area contributed by atoms with Gasteiger partial charge in [0.25, 0.3) is 0 Å². The van der Waals surface area contributed by atoms with Gasteiger partial charge in [-0.2, -0.15) is 0 Å². The highest BCUT2D eigenvalue weighted by atomic mass is 16.7. The van der Waals surface area contributed by atoms with Crippen molar-refractivity contribution in [3.63, 3.8) is 0 Å². The monoisotopic (exact) mass is 367 g/mol. The number of carbonyl (C=O) groups is 1. The Balaban J connectivity index is 1.18. The van der Waals surface area contributed by atoms with Gasteiger partial charge in [0.1, 0.15) is 0 Å². The van der Waals surface area contributed by atoms with Crippen LogP contribution in [0.25, 0.3) is 0 Å². The van der Waals surface area contributed by atoms with E-state index in [0.717, 1.165) is 49.9 Å². The Morgan fingerprint density at radius 3 is 2.56 bits per heavy atom. The molecule has 0 unspecified atom stereocenters. The summed E-state index contributed by atoms with van der Waals surface area (Å²) in [5.74, 6) is 1.73. The van der Waals surface area contributed by atoms with Crippen molar-refractivity contribution in [2.45, 2.75) is 13.0 Å². The lowest BCUT2D eigenvalue weighted by atomic mass is 10.2. The summed E-state index contributed by atoms with van der Waals surface area (Å²) >= 11 is 0. The summed E-state index contributed by atoms with van der Waals surface area (Å²) in [6.45, 7) is 5.29. The van der Waals surface area contributed by atoms with Crippen LogP contribution in [0.2, 0.25) is 0 Å². The predicted molar refractivity (Wildman–Crippen MR) is 104 cm³/mol. The second-order valence-corrected chi connectivity index (χ2v) is 6.89. The molecule has 1 N–H and O–H groups in total. The van der Waals surface area contributed by atoms with E-state index in [-0.39, 0.29) is 12.7 Å². The van der Waals surface area contributed by atoms with E-state index >= 15 is 0 Å². The van der Waals surface area contributed by atoms with E-state index in [1.165, 1.54) is 5.56 Å². The largest absolute Gasteiger partial charge is 0.454 e. The summed E-state index contributed by atoms with van der Waals surface area (Å²) in [7, 11) is 0. The molecule has 2 aliphatic heterocycles. The smallest absolute Gasteiger partial charge is 0.231 e. The number of ether oxygens (including phenoxy) is 2. The van der Waals surface area contributed by atoms with E-state index in [0.29, 0.717) is 13.0 Å². The van der Waals surface area contributed by atoms with Crippen molar-refractivity contribution in [3.8, 4) is 11.5 Å². The third-order valence-corrected chi connectivity index (χ3v) is 5.01. The quantitative estimate of drug-likeness (QED) is 0.850. The molecule has 0 saturated carbocycles. The molecule has 0 radical (unpaired) electrons. The van der Waals surface area contributed by atoms with Crippen LogP contribution in [-0.2, 0) is 11.3 Å². The maximum atomic E-state index is 12.5. The van der Waals surface area contributed by atoms with E-state index < -0.39 is 0 Å². The minimum atomic E-state index is 0.211. The van der Waals surface area contributed by atoms with Gasteiger partial charge in [0, 0.05) is 57.4 Å². The Labute approximate surface area is 159 Å². The standard InChI is InChI=1S/C21H25N3O3/c25-21(8-9-22-18-6-7-19-20(14-18)27-16-26-19)24-12-10-23(11-13-24)15-17-4-2-1-3-5-17/h1-7,14,22H,8-13,15-16H2. The molecule has 142 valence electrons. The summed E-state index contributed by atoms with van der Waals surface area (Å²) in [6, 6.07) is 16.2. The minimum Gasteiger partial charge on any atom is -0.454 e. The van der Waals surface area contributed by atoms with Crippen LogP contribution in [0.3, 0.4) is 0 Å². The third kappa shape index (κ3) is 4.52. The molecular weight excluding hydrogens is 342 g/mol. The second kappa shape index (κ2) is 8.31. The Morgan fingerprint density at radius 2 is 1.74 bits per heavy atom. The summed E-state index contributed by atoms with van der Waals surface area (Å²) < 4.78 is 10.7. The van der Waals surface area contributed by atoms with Gasteiger partial charge in [0.15, 0.2) is 11.5 Å². The summed E-state index contributed by atoms with van der Waals surface area (Å²) in [5, 5.41) is 3.29. The number of amides is 1. The fourth-order valence-corrected chi connectivity index (χ4v) is 3.48. The first-order valence-electron chi connectivity index (χ1n) is 9.45. The van der Waals surface area contributed by atoms with E-state index in [2.05, 4.69) is 34.5 Å². The van der Waals surface area contributed by atoms with Gasteiger partial charge in [-0.05, 0) is 17.7 Å². The first-order chi connectivity index (χ1) is 13.3. The molecule has 4 rings (SSSR count). The highest BCUT2D eigenvalue weighted by molar-refractivity contribution is 5.77. The van der Waals surface area contributed by atoms with Gasteiger partial charge in [-0.3, -0.25) is 9.69 Å². The molecular formula is C21H25N3O3. The van der Waals surface area contributed by atoms with Crippen LogP contribution in [-0.4, -0.2) is 55.2 Å². The van der Waals surface area contributed by atoms with Gasteiger partial charge in [0.2, 0.25) is 12.7 Å². The molecule has 1 fully saturated rings. The van der Waals surface area contributed by atoms with E-state index in [1.807, 2.05) is 29.2 Å². The summed E-state index contributed by atoms with van der Waals surface area (Å²) in [4.78, 5) is 16.8. The van der Waals surface area contributed by atoms with E-state index in [1.54, 1.807) is 0 Å². The molecule has 0 aromatic heterocycles. The Bertz CT molecular complexity index is 773. The maximum Gasteiger partial charge on any atom is 0.231 e. The zero-order chi connectivity index (χ0) is 18.5. The zero-order valence-corrected chi connectivity index (χ0v) is 15.4. The SMILES string of the molecule is O=C(CCNc1ccc2c(c1)OCO2)N1CCN(Cc2ccccc2)CC1. The normalized spacial score (nSPS) is 16.4. The topological polar surface area (TPSA) is 54.0 Å². The molecule has 2 aliphatic rings. The number of carbonyl (C=O) groups excluding carboxylic acids is 1. The lowest BCUT2D eigenvalue weighted by Crippen LogP contribution is -2.48. The van der Waals surface area contributed by atoms with E-state index in [9.17, 15) is 4.79 Å². The van der Waals surface area contributed by atoms with Crippen LogP contribution in [0.4, 0.5) is 5.69 Å². The first kappa shape index (κ1) is 17.7. The molecule has 0 spiro atoms. The van der Waals surface area contributed by atoms with Gasteiger partial charge in [0.05, 0.1) is 0 Å². The molecule has 1 saturated heterocycles. The molecule has 6 nitrogen and oxygen atoms in total. The lowest BCUT2D eigenvalue weighted by molar-refractivity contribution is -0.132. The number of hydrogen-bond donors (Lipinski definition) is 1. The van der Waals surface area contributed by atoms with Crippen molar-refractivity contribution in [2.24, 2.45) is 0 Å². The highest BCUT2D eigenvalue weighted by Gasteiger charge is 2.21. The van der Waals surface area contributed by atoms with Crippen molar-refractivity contribution in [3.05, 3.63) is 54.1 Å². The molecule has 0 atom stereocenters. The lowest BCUT2D eigenvalue weighted by Gasteiger charge is -2.34. The number of nitrogens with zero attached hydrogens (tertiary/aromatic N) is 2. The van der Waals surface area contributed by atoms with Crippen LogP contribution < -0.4 is 14.8 Å².